The third-order valence-electron chi connectivity index (χ3n) is 5.40. The van der Waals surface area contributed by atoms with Crippen molar-refractivity contribution in [1.29, 1.82) is 0 Å². The Hall–Kier alpha value is -1.35. The molecule has 1 rings (SSSR count). The normalized spacial score (nSPS) is 11.1. The van der Waals surface area contributed by atoms with Crippen LogP contribution in [0.2, 0.25) is 0 Å². The molecular formula is C25H45NO2. The second kappa shape index (κ2) is 15.6. The minimum Gasteiger partial charge on any atom is -0.545 e. The third kappa shape index (κ3) is 11.5. The van der Waals surface area contributed by atoms with Gasteiger partial charge in [0.2, 0.25) is 0 Å². The third-order valence-corrected chi connectivity index (χ3v) is 5.40. The lowest BCUT2D eigenvalue weighted by Gasteiger charge is -2.39. The Morgan fingerprint density at radius 1 is 0.714 bits per heavy atom. The van der Waals surface area contributed by atoms with Crippen LogP contribution in [-0.2, 0) is 0 Å². The van der Waals surface area contributed by atoms with Crippen LogP contribution in [0.4, 0.5) is 0 Å². The fourth-order valence-electron chi connectivity index (χ4n) is 3.74. The molecule has 0 aliphatic rings. The first-order valence-electron chi connectivity index (χ1n) is 11.5. The van der Waals surface area contributed by atoms with Crippen LogP contribution in [0.1, 0.15) is 101 Å². The second-order valence-electron chi connectivity index (χ2n) is 8.31. The summed E-state index contributed by atoms with van der Waals surface area (Å²) < 4.78 is 1.42. The van der Waals surface area contributed by atoms with Gasteiger partial charge in [-0.1, -0.05) is 82.7 Å². The first-order chi connectivity index (χ1) is 13.3. The maximum absolute atomic E-state index is 10.4. The molecule has 0 heterocycles. The van der Waals surface area contributed by atoms with Crippen molar-refractivity contribution in [3.05, 3.63) is 34.9 Å². The zero-order valence-corrected chi connectivity index (χ0v) is 19.5. The molecule has 0 aliphatic heterocycles. The van der Waals surface area contributed by atoms with Gasteiger partial charge in [-0.25, -0.2) is 0 Å². The molecule has 0 saturated carbocycles. The predicted molar refractivity (Wildman–Crippen MR) is 120 cm³/mol. The van der Waals surface area contributed by atoms with Crippen LogP contribution in [0.25, 0.3) is 0 Å². The van der Waals surface area contributed by atoms with Gasteiger partial charge in [-0.05, 0) is 45.1 Å². The average molecular weight is 392 g/mol. The van der Waals surface area contributed by atoms with Crippen molar-refractivity contribution >= 4 is 5.97 Å². The fourth-order valence-corrected chi connectivity index (χ4v) is 3.74. The van der Waals surface area contributed by atoms with Crippen LogP contribution in [0.5, 0.6) is 0 Å². The Morgan fingerprint density at radius 2 is 1.04 bits per heavy atom. The van der Waals surface area contributed by atoms with E-state index < -0.39 is 5.97 Å². The molecule has 1 aromatic carbocycles. The maximum atomic E-state index is 10.4. The number of carbonyl (C=O) groups excluding carboxylic acids is 1. The molecule has 0 amide bonds. The lowest BCUT2D eigenvalue weighted by molar-refractivity contribution is -0.929. The number of aromatic carboxylic acids is 1. The number of hydrogen-bond acceptors (Lipinski definition) is 2. The molecule has 162 valence electrons. The highest BCUT2D eigenvalue weighted by molar-refractivity contribution is 5.86. The van der Waals surface area contributed by atoms with Gasteiger partial charge in [0, 0.05) is 0 Å². The molecule has 0 N–H and O–H groups in total. The fraction of sp³-hybridized carbons (Fsp3) is 0.720. The molecule has 3 heteroatoms. The Morgan fingerprint density at radius 3 is 1.29 bits per heavy atom. The van der Waals surface area contributed by atoms with E-state index in [4.69, 9.17) is 0 Å². The van der Waals surface area contributed by atoms with E-state index in [1.165, 1.54) is 82.0 Å². The SMILES string of the molecule is CCCC[N+](CCCC)(CCCC)CCCC.Cc1cc(C)cc(C(=O)[O-])c1. The molecule has 0 spiro atoms. The van der Waals surface area contributed by atoms with E-state index in [1.807, 2.05) is 19.9 Å². The highest BCUT2D eigenvalue weighted by atomic mass is 16.4. The average Bonchev–Trinajstić information content (AvgIpc) is 2.66. The van der Waals surface area contributed by atoms with Gasteiger partial charge in [-0.2, -0.15) is 0 Å². The van der Waals surface area contributed by atoms with Gasteiger partial charge < -0.3 is 14.4 Å². The smallest absolute Gasteiger partial charge is 0.0786 e. The van der Waals surface area contributed by atoms with E-state index in [-0.39, 0.29) is 5.56 Å². The molecule has 0 radical (unpaired) electrons. The molecule has 0 saturated heterocycles. The molecule has 0 aliphatic carbocycles. The van der Waals surface area contributed by atoms with Gasteiger partial charge in [0.25, 0.3) is 0 Å². The number of quaternary nitrogens is 1. The number of nitrogens with zero attached hydrogens (tertiary/aromatic N) is 1. The minimum atomic E-state index is -1.11. The molecule has 0 unspecified atom stereocenters. The maximum Gasteiger partial charge on any atom is 0.0786 e. The van der Waals surface area contributed by atoms with Gasteiger partial charge in [0.15, 0.2) is 0 Å². The highest BCUT2D eigenvalue weighted by Crippen LogP contribution is 2.16. The Balaban J connectivity index is 0.000000567. The number of benzene rings is 1. The van der Waals surface area contributed by atoms with E-state index in [1.54, 1.807) is 12.1 Å². The van der Waals surface area contributed by atoms with Gasteiger partial charge in [-0.3, -0.25) is 0 Å². The van der Waals surface area contributed by atoms with Crippen LogP contribution in [-0.4, -0.2) is 36.6 Å². The summed E-state index contributed by atoms with van der Waals surface area (Å²) >= 11 is 0. The lowest BCUT2D eigenvalue weighted by atomic mass is 10.1. The number of carboxylic acids is 1. The summed E-state index contributed by atoms with van der Waals surface area (Å²) in [5.41, 5.74) is 2.15. The van der Waals surface area contributed by atoms with E-state index in [2.05, 4.69) is 27.7 Å². The number of rotatable bonds is 13. The van der Waals surface area contributed by atoms with Gasteiger partial charge in [-0.15, -0.1) is 0 Å². The Kier molecular flexibility index (Phi) is 14.8. The molecule has 28 heavy (non-hydrogen) atoms. The largest absolute Gasteiger partial charge is 0.545 e. The Labute approximate surface area is 174 Å². The van der Waals surface area contributed by atoms with Crippen molar-refractivity contribution in [2.45, 2.75) is 92.9 Å². The standard InChI is InChI=1S/C16H36N.C9H10O2/c1-5-9-13-17(14-10-6-2,15-11-7-3)16-12-8-4;1-6-3-7(2)5-8(4-6)9(10)11/h5-16H2,1-4H3;3-5H,1-2H3,(H,10,11)/q+1;/p-1. The van der Waals surface area contributed by atoms with E-state index in [0.29, 0.717) is 0 Å². The quantitative estimate of drug-likeness (QED) is 0.406. The molecule has 0 atom stereocenters. The summed E-state index contributed by atoms with van der Waals surface area (Å²) in [6.07, 6.45) is 11.1. The summed E-state index contributed by atoms with van der Waals surface area (Å²) in [7, 11) is 0. The van der Waals surface area contributed by atoms with Crippen LogP contribution in [0.15, 0.2) is 18.2 Å². The molecule has 0 aromatic heterocycles. The lowest BCUT2D eigenvalue weighted by Crippen LogP contribution is -2.50. The number of aryl methyl sites for hydroxylation is 2. The van der Waals surface area contributed by atoms with Gasteiger partial charge in [0.1, 0.15) is 0 Å². The van der Waals surface area contributed by atoms with Crippen LogP contribution in [0.3, 0.4) is 0 Å². The summed E-state index contributed by atoms with van der Waals surface area (Å²) in [5.74, 6) is -1.11. The van der Waals surface area contributed by atoms with Crippen molar-refractivity contribution in [1.82, 2.24) is 0 Å². The van der Waals surface area contributed by atoms with Crippen molar-refractivity contribution < 1.29 is 14.4 Å². The molecular weight excluding hydrogens is 346 g/mol. The predicted octanol–water partition coefficient (Wildman–Crippen LogP) is 5.67. The number of carbonyl (C=O) groups is 1. The monoisotopic (exact) mass is 391 g/mol. The highest BCUT2D eigenvalue weighted by Gasteiger charge is 2.24. The van der Waals surface area contributed by atoms with Crippen LogP contribution >= 0.6 is 0 Å². The molecule has 3 nitrogen and oxygen atoms in total. The second-order valence-corrected chi connectivity index (χ2v) is 8.31. The summed E-state index contributed by atoms with van der Waals surface area (Å²) in [4.78, 5) is 10.4. The zero-order chi connectivity index (χ0) is 21.4. The van der Waals surface area contributed by atoms with Gasteiger partial charge in [0.05, 0.1) is 32.1 Å². The van der Waals surface area contributed by atoms with E-state index in [0.717, 1.165) is 11.1 Å². The van der Waals surface area contributed by atoms with E-state index >= 15 is 0 Å². The zero-order valence-electron chi connectivity index (χ0n) is 19.5. The number of carboxylic acid groups (broad SMARTS) is 1. The molecule has 1 aromatic rings. The number of unbranched alkanes of at least 4 members (excludes halogenated alkanes) is 4. The summed E-state index contributed by atoms with van der Waals surface area (Å²) in [5, 5.41) is 10.4. The van der Waals surface area contributed by atoms with Gasteiger partial charge >= 0.3 is 0 Å². The van der Waals surface area contributed by atoms with E-state index in [9.17, 15) is 9.90 Å². The van der Waals surface area contributed by atoms with Crippen LogP contribution in [0, 0.1) is 13.8 Å². The van der Waals surface area contributed by atoms with Crippen LogP contribution < -0.4 is 5.11 Å². The topological polar surface area (TPSA) is 40.1 Å². The summed E-state index contributed by atoms with van der Waals surface area (Å²) in [6.45, 7) is 18.7. The van der Waals surface area contributed by atoms with Crippen molar-refractivity contribution in [2.24, 2.45) is 0 Å². The molecule has 0 bridgehead atoms. The first-order valence-corrected chi connectivity index (χ1v) is 11.5. The van der Waals surface area contributed by atoms with Crippen molar-refractivity contribution in [2.75, 3.05) is 26.2 Å². The first kappa shape index (κ1) is 26.6. The summed E-state index contributed by atoms with van der Waals surface area (Å²) in [6, 6.07) is 5.12. The number of hydrogen-bond donors (Lipinski definition) is 0. The molecule has 0 fully saturated rings. The minimum absolute atomic E-state index is 0.252. The Bertz CT molecular complexity index is 482. The van der Waals surface area contributed by atoms with Crippen molar-refractivity contribution in [3.63, 3.8) is 0 Å². The van der Waals surface area contributed by atoms with Crippen molar-refractivity contribution in [3.8, 4) is 0 Å².